The van der Waals surface area contributed by atoms with E-state index in [0.717, 1.165) is 50.9 Å². The molecule has 0 aliphatic carbocycles. The molecule has 0 radical (unpaired) electrons. The van der Waals surface area contributed by atoms with Crippen molar-refractivity contribution in [3.63, 3.8) is 0 Å². The van der Waals surface area contributed by atoms with Gasteiger partial charge >= 0.3 is 0 Å². The van der Waals surface area contributed by atoms with Gasteiger partial charge in [0.25, 0.3) is 0 Å². The molecule has 21 heavy (non-hydrogen) atoms. The summed E-state index contributed by atoms with van der Waals surface area (Å²) in [6.45, 7) is 7.51. The monoisotopic (exact) mass is 296 g/mol. The van der Waals surface area contributed by atoms with E-state index >= 15 is 0 Å². The first-order valence-electron chi connectivity index (χ1n) is 7.77. The Labute approximate surface area is 127 Å². The first-order valence-corrected chi connectivity index (χ1v) is 7.77. The van der Waals surface area contributed by atoms with Crippen molar-refractivity contribution in [2.75, 3.05) is 53.6 Å². The molecule has 1 aromatic rings. The quantitative estimate of drug-likeness (QED) is 0.610. The Morgan fingerprint density at radius 1 is 1.19 bits per heavy atom. The molecule has 0 saturated carbocycles. The Bertz CT molecular complexity index is 420. The summed E-state index contributed by atoms with van der Waals surface area (Å²) in [6, 6.07) is 6.02. The number of ether oxygens (including phenoxy) is 3. The molecule has 118 valence electrons. The minimum absolute atomic E-state index is 0.839. The number of benzene rings is 1. The molecule has 0 bridgehead atoms. The van der Waals surface area contributed by atoms with Crippen LogP contribution < -0.4 is 19.7 Å². The fourth-order valence-corrected chi connectivity index (χ4v) is 2.68. The summed E-state index contributed by atoms with van der Waals surface area (Å²) < 4.78 is 16.0. The number of hydrogen-bond donors (Lipinski definition) is 2. The van der Waals surface area contributed by atoms with Crippen LogP contribution in [0.1, 0.15) is 12.0 Å². The number of rotatable bonds is 8. The molecular formula is C16H28N2O3+2. The van der Waals surface area contributed by atoms with Gasteiger partial charge in [-0.15, -0.1) is 0 Å². The van der Waals surface area contributed by atoms with Gasteiger partial charge in [-0.05, 0) is 12.1 Å². The van der Waals surface area contributed by atoms with Gasteiger partial charge in [0, 0.05) is 18.1 Å². The topological polar surface area (TPSA) is 48.7 Å². The highest BCUT2D eigenvalue weighted by Crippen LogP contribution is 2.23. The second-order valence-electron chi connectivity index (χ2n) is 5.43. The molecule has 1 aliphatic heterocycles. The molecule has 5 nitrogen and oxygen atoms in total. The summed E-state index contributed by atoms with van der Waals surface area (Å²) >= 11 is 0. The summed E-state index contributed by atoms with van der Waals surface area (Å²) in [6.07, 6.45) is 1.24. The van der Waals surface area contributed by atoms with Crippen molar-refractivity contribution in [2.24, 2.45) is 0 Å². The zero-order chi connectivity index (χ0) is 14.9. The van der Waals surface area contributed by atoms with Crippen LogP contribution in [0.3, 0.4) is 0 Å². The first kappa shape index (κ1) is 16.1. The molecular weight excluding hydrogens is 268 g/mol. The van der Waals surface area contributed by atoms with Crippen LogP contribution in [0.5, 0.6) is 11.5 Å². The van der Waals surface area contributed by atoms with Gasteiger partial charge in [-0.1, -0.05) is 0 Å². The number of nitrogens with two attached hydrogens (primary N) is 1. The summed E-state index contributed by atoms with van der Waals surface area (Å²) in [7, 11) is 3.38. The van der Waals surface area contributed by atoms with Gasteiger partial charge in [-0.25, -0.2) is 0 Å². The fraction of sp³-hybridized carbons (Fsp3) is 0.625. The number of hydrogen-bond acceptors (Lipinski definition) is 3. The molecule has 1 saturated heterocycles. The lowest BCUT2D eigenvalue weighted by Crippen LogP contribution is -3.14. The van der Waals surface area contributed by atoms with Gasteiger partial charge in [0.2, 0.25) is 0 Å². The molecule has 1 aromatic carbocycles. The third kappa shape index (κ3) is 5.19. The summed E-state index contributed by atoms with van der Waals surface area (Å²) in [4.78, 5) is 1.68. The standard InChI is InChI=1S/C16H26N2O3/c1-19-15-5-4-14(16(12-15)20-2)13-17-6-3-7-18-8-10-21-11-9-18/h4-5,12,17H,3,6-11,13H2,1-2H3/p+2. The molecule has 2 rings (SSSR count). The highest BCUT2D eigenvalue weighted by atomic mass is 16.5. The maximum atomic E-state index is 5.42. The van der Waals surface area contributed by atoms with Crippen molar-refractivity contribution in [1.29, 1.82) is 0 Å². The third-order valence-electron chi connectivity index (χ3n) is 4.00. The van der Waals surface area contributed by atoms with E-state index in [-0.39, 0.29) is 0 Å². The van der Waals surface area contributed by atoms with Crippen molar-refractivity contribution < 1.29 is 24.4 Å². The lowest BCUT2D eigenvalue weighted by Gasteiger charge is -2.23. The molecule has 0 unspecified atom stereocenters. The predicted molar refractivity (Wildman–Crippen MR) is 81.0 cm³/mol. The minimum atomic E-state index is 0.839. The van der Waals surface area contributed by atoms with E-state index < -0.39 is 0 Å². The van der Waals surface area contributed by atoms with Gasteiger partial charge in [0.05, 0.1) is 40.5 Å². The molecule has 0 spiro atoms. The van der Waals surface area contributed by atoms with E-state index in [2.05, 4.69) is 11.4 Å². The van der Waals surface area contributed by atoms with Crippen molar-refractivity contribution in [3.05, 3.63) is 23.8 Å². The van der Waals surface area contributed by atoms with Crippen LogP contribution in [0, 0.1) is 0 Å². The smallest absolute Gasteiger partial charge is 0.131 e. The van der Waals surface area contributed by atoms with E-state index in [4.69, 9.17) is 14.2 Å². The number of morpholine rings is 1. The number of quaternary nitrogens is 2. The Morgan fingerprint density at radius 3 is 2.71 bits per heavy atom. The van der Waals surface area contributed by atoms with Crippen LogP contribution >= 0.6 is 0 Å². The zero-order valence-corrected chi connectivity index (χ0v) is 13.2. The van der Waals surface area contributed by atoms with Gasteiger partial charge in [-0.2, -0.15) is 0 Å². The van der Waals surface area contributed by atoms with E-state index in [9.17, 15) is 0 Å². The van der Waals surface area contributed by atoms with Crippen LogP contribution in [0.25, 0.3) is 0 Å². The van der Waals surface area contributed by atoms with E-state index in [0.29, 0.717) is 0 Å². The molecule has 0 amide bonds. The third-order valence-corrected chi connectivity index (χ3v) is 4.00. The minimum Gasteiger partial charge on any atom is -0.497 e. The molecule has 0 aromatic heterocycles. The zero-order valence-electron chi connectivity index (χ0n) is 13.2. The van der Waals surface area contributed by atoms with Crippen LogP contribution in [0.15, 0.2) is 18.2 Å². The SMILES string of the molecule is COc1ccc(C[NH2+]CCC[NH+]2CCOCC2)c(OC)c1. The lowest BCUT2D eigenvalue weighted by molar-refractivity contribution is -0.909. The van der Waals surface area contributed by atoms with E-state index in [1.54, 1.807) is 19.1 Å². The molecule has 1 fully saturated rings. The van der Waals surface area contributed by atoms with Crippen molar-refractivity contribution in [2.45, 2.75) is 13.0 Å². The largest absolute Gasteiger partial charge is 0.497 e. The van der Waals surface area contributed by atoms with Crippen molar-refractivity contribution >= 4 is 0 Å². The molecule has 1 aliphatic rings. The van der Waals surface area contributed by atoms with Crippen molar-refractivity contribution in [3.8, 4) is 11.5 Å². The highest BCUT2D eigenvalue weighted by Gasteiger charge is 2.13. The Kier molecular flexibility index (Phi) is 6.79. The van der Waals surface area contributed by atoms with Gasteiger partial charge in [-0.3, -0.25) is 0 Å². The Balaban J connectivity index is 1.68. The Hall–Kier alpha value is -1.30. The lowest BCUT2D eigenvalue weighted by atomic mass is 10.2. The van der Waals surface area contributed by atoms with Crippen LogP contribution in [0.2, 0.25) is 0 Å². The van der Waals surface area contributed by atoms with Gasteiger partial charge in [0.1, 0.15) is 31.1 Å². The second kappa shape index (κ2) is 8.87. The van der Waals surface area contributed by atoms with Gasteiger partial charge < -0.3 is 24.4 Å². The summed E-state index contributed by atoms with van der Waals surface area (Å²) in [5, 5.41) is 2.35. The maximum Gasteiger partial charge on any atom is 0.131 e. The summed E-state index contributed by atoms with van der Waals surface area (Å²) in [5.74, 6) is 1.75. The normalized spacial score (nSPS) is 15.9. The average molecular weight is 296 g/mol. The van der Waals surface area contributed by atoms with Crippen LogP contribution in [0.4, 0.5) is 0 Å². The molecule has 1 heterocycles. The predicted octanol–water partition coefficient (Wildman–Crippen LogP) is -0.928. The maximum absolute atomic E-state index is 5.42. The molecule has 3 N–H and O–H groups in total. The second-order valence-corrected chi connectivity index (χ2v) is 5.43. The molecule has 5 heteroatoms. The van der Waals surface area contributed by atoms with Crippen LogP contribution in [-0.2, 0) is 11.3 Å². The van der Waals surface area contributed by atoms with E-state index in [1.165, 1.54) is 18.5 Å². The van der Waals surface area contributed by atoms with Gasteiger partial charge in [0.15, 0.2) is 0 Å². The van der Waals surface area contributed by atoms with Crippen LogP contribution in [-0.4, -0.2) is 53.6 Å². The Morgan fingerprint density at radius 2 is 2.00 bits per heavy atom. The first-order chi connectivity index (χ1) is 10.3. The molecule has 0 atom stereocenters. The fourth-order valence-electron chi connectivity index (χ4n) is 2.68. The number of nitrogens with one attached hydrogen (secondary N) is 1. The number of methoxy groups -OCH3 is 2. The summed E-state index contributed by atoms with van der Waals surface area (Å²) in [5.41, 5.74) is 1.22. The highest BCUT2D eigenvalue weighted by molar-refractivity contribution is 5.40. The average Bonchev–Trinajstić information content (AvgIpc) is 2.55. The van der Waals surface area contributed by atoms with Crippen molar-refractivity contribution in [1.82, 2.24) is 0 Å². The van der Waals surface area contributed by atoms with E-state index in [1.807, 2.05) is 12.1 Å².